The summed E-state index contributed by atoms with van der Waals surface area (Å²) in [6.45, 7) is 3.86. The molecule has 1 aromatic heterocycles. The first-order chi connectivity index (χ1) is 10.1. The van der Waals surface area contributed by atoms with Crippen LogP contribution in [0.3, 0.4) is 0 Å². The van der Waals surface area contributed by atoms with Gasteiger partial charge in [-0.25, -0.2) is 4.79 Å². The van der Waals surface area contributed by atoms with E-state index in [-0.39, 0.29) is 0 Å². The predicted molar refractivity (Wildman–Crippen MR) is 79.5 cm³/mol. The third-order valence-corrected chi connectivity index (χ3v) is 4.30. The molecule has 0 spiro atoms. The van der Waals surface area contributed by atoms with Crippen LogP contribution in [0.5, 0.6) is 0 Å². The van der Waals surface area contributed by atoms with Crippen LogP contribution in [0.1, 0.15) is 59.4 Å². The van der Waals surface area contributed by atoms with Gasteiger partial charge in [-0.2, -0.15) is 0 Å². The Bertz CT molecular complexity index is 687. The number of aromatic carboxylic acids is 1. The Hall–Kier alpha value is -2.17. The number of nitrogens with one attached hydrogen (secondary N) is 1. The number of carboxylic acids is 1. The number of nitrogens with zero attached hydrogens (tertiary/aromatic N) is 2. The van der Waals surface area contributed by atoms with Gasteiger partial charge in [-0.3, -0.25) is 0 Å². The van der Waals surface area contributed by atoms with Crippen LogP contribution in [0.15, 0.2) is 12.1 Å². The molecule has 3 rings (SSSR count). The Balaban J connectivity index is 2.14. The maximum Gasteiger partial charge on any atom is 0.335 e. The van der Waals surface area contributed by atoms with E-state index in [0.717, 1.165) is 36.2 Å². The fourth-order valence-corrected chi connectivity index (χ4v) is 2.80. The third kappa shape index (κ3) is 2.44. The van der Waals surface area contributed by atoms with E-state index in [1.165, 1.54) is 12.0 Å². The van der Waals surface area contributed by atoms with E-state index in [9.17, 15) is 9.90 Å². The van der Waals surface area contributed by atoms with E-state index in [4.69, 9.17) is 0 Å². The normalized spacial score (nSPS) is 15.0. The number of H-pyrrole nitrogens is 1. The summed E-state index contributed by atoms with van der Waals surface area (Å²) in [4.78, 5) is 14.6. The lowest BCUT2D eigenvalue weighted by molar-refractivity contribution is 0.0696. The van der Waals surface area contributed by atoms with Crippen molar-refractivity contribution in [3.05, 3.63) is 34.6 Å². The van der Waals surface area contributed by atoms with Crippen LogP contribution in [0.4, 0.5) is 0 Å². The molecule has 0 atom stereocenters. The van der Waals surface area contributed by atoms with E-state index in [1.54, 1.807) is 6.07 Å². The number of aromatic amines is 1. The van der Waals surface area contributed by atoms with E-state index in [2.05, 4.69) is 15.2 Å². The van der Waals surface area contributed by atoms with Crippen molar-refractivity contribution in [2.24, 2.45) is 0 Å². The highest BCUT2D eigenvalue weighted by Crippen LogP contribution is 2.41. The van der Waals surface area contributed by atoms with Gasteiger partial charge in [0.15, 0.2) is 5.82 Å². The minimum absolute atomic E-state index is 0.336. The van der Waals surface area contributed by atoms with E-state index in [1.807, 2.05) is 19.9 Å². The maximum atomic E-state index is 11.4. The second kappa shape index (κ2) is 5.31. The van der Waals surface area contributed by atoms with E-state index >= 15 is 0 Å². The van der Waals surface area contributed by atoms with Crippen molar-refractivity contribution in [2.75, 3.05) is 0 Å². The van der Waals surface area contributed by atoms with Gasteiger partial charge in [0.05, 0.1) is 5.56 Å². The number of carboxylic acid groups (broad SMARTS) is 1. The Labute approximate surface area is 123 Å². The Kier molecular flexibility index (Phi) is 3.49. The van der Waals surface area contributed by atoms with Gasteiger partial charge in [-0.15, -0.1) is 10.2 Å². The molecule has 2 aromatic rings. The highest BCUT2D eigenvalue weighted by molar-refractivity contribution is 5.91. The van der Waals surface area contributed by atoms with Crippen molar-refractivity contribution < 1.29 is 9.90 Å². The molecule has 110 valence electrons. The van der Waals surface area contributed by atoms with Crippen molar-refractivity contribution >= 4 is 5.97 Å². The number of rotatable bonds is 4. The van der Waals surface area contributed by atoms with Gasteiger partial charge in [0.2, 0.25) is 0 Å². The lowest BCUT2D eigenvalue weighted by atomic mass is 9.77. The number of aromatic nitrogens is 3. The summed E-state index contributed by atoms with van der Waals surface area (Å²) < 4.78 is 0. The van der Waals surface area contributed by atoms with Crippen molar-refractivity contribution in [1.82, 2.24) is 15.2 Å². The first kappa shape index (κ1) is 13.8. The first-order valence-electron chi connectivity index (χ1n) is 7.40. The number of hydrogen-bond donors (Lipinski definition) is 2. The Morgan fingerprint density at radius 3 is 2.67 bits per heavy atom. The summed E-state index contributed by atoms with van der Waals surface area (Å²) in [7, 11) is 0. The maximum absolute atomic E-state index is 11.4. The van der Waals surface area contributed by atoms with Crippen LogP contribution in [-0.2, 0) is 6.42 Å². The summed E-state index contributed by atoms with van der Waals surface area (Å²) in [6, 6.07) is 3.75. The number of benzene rings is 1. The lowest BCUT2D eigenvalue weighted by Gasteiger charge is -2.28. The van der Waals surface area contributed by atoms with E-state index < -0.39 is 5.97 Å². The van der Waals surface area contributed by atoms with Crippen LogP contribution in [0, 0.1) is 6.92 Å². The molecule has 1 aromatic carbocycles. The van der Waals surface area contributed by atoms with Crippen molar-refractivity contribution in [3.8, 4) is 11.4 Å². The fourth-order valence-electron chi connectivity index (χ4n) is 2.80. The van der Waals surface area contributed by atoms with Crippen LogP contribution in [0.2, 0.25) is 0 Å². The summed E-state index contributed by atoms with van der Waals surface area (Å²) in [6.07, 6.45) is 4.34. The molecule has 1 fully saturated rings. The summed E-state index contributed by atoms with van der Waals surface area (Å²) >= 11 is 0. The molecule has 0 saturated heterocycles. The standard InChI is InChI=1S/C16H19N3O2/c1-3-14-17-15(19-18-14)13-8-11(16(20)21)9(2)7-12(13)10-5-4-6-10/h7-8,10H,3-6H2,1-2H3,(H,20,21)(H,17,18,19). The van der Waals surface area contributed by atoms with Crippen LogP contribution >= 0.6 is 0 Å². The minimum atomic E-state index is -0.899. The molecule has 2 N–H and O–H groups in total. The fraction of sp³-hybridized carbons (Fsp3) is 0.438. The summed E-state index contributed by atoms with van der Waals surface area (Å²) in [5.74, 6) is 1.11. The first-order valence-corrected chi connectivity index (χ1v) is 7.40. The average molecular weight is 285 g/mol. The molecule has 0 aliphatic heterocycles. The molecular weight excluding hydrogens is 266 g/mol. The summed E-state index contributed by atoms with van der Waals surface area (Å²) in [5.41, 5.74) is 3.23. The average Bonchev–Trinajstić information content (AvgIpc) is 2.85. The van der Waals surface area contributed by atoms with Gasteiger partial charge in [0, 0.05) is 12.0 Å². The third-order valence-electron chi connectivity index (χ3n) is 4.30. The van der Waals surface area contributed by atoms with Crippen molar-refractivity contribution in [3.63, 3.8) is 0 Å². The van der Waals surface area contributed by atoms with Gasteiger partial charge in [0.1, 0.15) is 5.82 Å². The largest absolute Gasteiger partial charge is 0.478 e. The SMILES string of the molecule is CCc1nnc(-c2cc(C(=O)O)c(C)cc2C2CCC2)[nH]1. The highest BCUT2D eigenvalue weighted by Gasteiger charge is 2.25. The molecule has 1 aliphatic rings. The number of aryl methyl sites for hydroxylation is 2. The van der Waals surface area contributed by atoms with Gasteiger partial charge >= 0.3 is 5.97 Å². The molecular formula is C16H19N3O2. The zero-order valence-corrected chi connectivity index (χ0v) is 12.3. The molecule has 5 nitrogen and oxygen atoms in total. The zero-order chi connectivity index (χ0) is 15.0. The van der Waals surface area contributed by atoms with Crippen LogP contribution in [-0.4, -0.2) is 26.3 Å². The molecule has 0 amide bonds. The van der Waals surface area contributed by atoms with Gasteiger partial charge < -0.3 is 10.1 Å². The van der Waals surface area contributed by atoms with Crippen LogP contribution < -0.4 is 0 Å². The molecule has 1 aliphatic carbocycles. The quantitative estimate of drug-likeness (QED) is 0.903. The molecule has 21 heavy (non-hydrogen) atoms. The highest BCUT2D eigenvalue weighted by atomic mass is 16.4. The Morgan fingerprint density at radius 2 is 2.14 bits per heavy atom. The van der Waals surface area contributed by atoms with E-state index in [0.29, 0.717) is 17.3 Å². The van der Waals surface area contributed by atoms with Gasteiger partial charge in [0.25, 0.3) is 0 Å². The second-order valence-corrected chi connectivity index (χ2v) is 5.66. The minimum Gasteiger partial charge on any atom is -0.478 e. The van der Waals surface area contributed by atoms with Gasteiger partial charge in [-0.05, 0) is 42.9 Å². The Morgan fingerprint density at radius 1 is 1.38 bits per heavy atom. The lowest BCUT2D eigenvalue weighted by Crippen LogP contribution is -2.12. The molecule has 5 heteroatoms. The number of carbonyl (C=O) groups is 1. The number of hydrogen-bond acceptors (Lipinski definition) is 3. The monoisotopic (exact) mass is 285 g/mol. The van der Waals surface area contributed by atoms with Gasteiger partial charge in [-0.1, -0.05) is 19.4 Å². The predicted octanol–water partition coefficient (Wildman–Crippen LogP) is 3.31. The van der Waals surface area contributed by atoms with Crippen molar-refractivity contribution in [1.29, 1.82) is 0 Å². The smallest absolute Gasteiger partial charge is 0.335 e. The molecule has 1 heterocycles. The molecule has 1 saturated carbocycles. The van der Waals surface area contributed by atoms with Crippen molar-refractivity contribution in [2.45, 2.75) is 45.4 Å². The molecule has 0 bridgehead atoms. The zero-order valence-electron chi connectivity index (χ0n) is 12.3. The molecule has 0 radical (unpaired) electrons. The summed E-state index contributed by atoms with van der Waals surface area (Å²) in [5, 5.41) is 17.6. The topological polar surface area (TPSA) is 78.9 Å². The second-order valence-electron chi connectivity index (χ2n) is 5.66. The molecule has 0 unspecified atom stereocenters. The van der Waals surface area contributed by atoms with Crippen LogP contribution in [0.25, 0.3) is 11.4 Å².